The lowest BCUT2D eigenvalue weighted by Crippen LogP contribution is -2.73. The van der Waals surface area contributed by atoms with E-state index in [-0.39, 0.29) is 18.6 Å². The van der Waals surface area contributed by atoms with Crippen molar-refractivity contribution in [2.45, 2.75) is 42.5 Å². The van der Waals surface area contributed by atoms with Crippen molar-refractivity contribution in [1.29, 1.82) is 5.26 Å². The fourth-order valence-electron chi connectivity index (χ4n) is 4.74. The van der Waals surface area contributed by atoms with Crippen LogP contribution < -0.4 is 9.47 Å². The first-order chi connectivity index (χ1) is 13.3. The van der Waals surface area contributed by atoms with Crippen LogP contribution in [0.2, 0.25) is 0 Å². The Bertz CT molecular complexity index is 965. The molecule has 146 valence electrons. The minimum Gasteiger partial charge on any atom is -0.454 e. The smallest absolute Gasteiger partial charge is 0.261 e. The number of carbonyl (C=O) groups excluding carboxylic acids is 2. The van der Waals surface area contributed by atoms with E-state index < -0.39 is 21.2 Å². The van der Waals surface area contributed by atoms with E-state index in [0.717, 1.165) is 5.56 Å². The molecule has 0 aromatic heterocycles. The van der Waals surface area contributed by atoms with E-state index >= 15 is 0 Å². The van der Waals surface area contributed by atoms with Crippen LogP contribution in [0.15, 0.2) is 18.2 Å². The van der Waals surface area contributed by atoms with Crippen molar-refractivity contribution in [1.82, 2.24) is 9.80 Å². The van der Waals surface area contributed by atoms with Crippen LogP contribution in [-0.4, -0.2) is 45.2 Å². The minimum absolute atomic E-state index is 0.102. The van der Waals surface area contributed by atoms with E-state index in [2.05, 4.69) is 6.07 Å². The van der Waals surface area contributed by atoms with Crippen molar-refractivity contribution >= 4 is 33.4 Å². The maximum Gasteiger partial charge on any atom is 0.261 e. The molecule has 1 spiro atoms. The summed E-state index contributed by atoms with van der Waals surface area (Å²) in [6.45, 7) is 3.88. The summed E-state index contributed by atoms with van der Waals surface area (Å²) >= 11 is 0. The molecule has 7 nitrogen and oxygen atoms in total. The summed E-state index contributed by atoms with van der Waals surface area (Å²) in [4.78, 5) is 28.2. The van der Waals surface area contributed by atoms with Gasteiger partial charge in [-0.25, -0.2) is 0 Å². The molecule has 6 rings (SSSR count). The summed E-state index contributed by atoms with van der Waals surface area (Å²) in [5.74, 6) is 1.03. The Morgan fingerprint density at radius 2 is 2.00 bits per heavy atom. The van der Waals surface area contributed by atoms with E-state index in [0.29, 0.717) is 24.3 Å². The summed E-state index contributed by atoms with van der Waals surface area (Å²) < 4.78 is 10.9. The zero-order valence-corrected chi connectivity index (χ0v) is 17.4. The summed E-state index contributed by atoms with van der Waals surface area (Å²) in [6, 6.07) is 7.50. The van der Waals surface area contributed by atoms with Crippen molar-refractivity contribution < 1.29 is 19.1 Å². The van der Waals surface area contributed by atoms with Crippen LogP contribution in [0.4, 0.5) is 0 Å². The monoisotopic (exact) mass is 417 g/mol. The zero-order valence-electron chi connectivity index (χ0n) is 15.7. The Kier molecular flexibility index (Phi) is 3.55. The van der Waals surface area contributed by atoms with E-state index in [4.69, 9.17) is 9.47 Å². The average Bonchev–Trinajstić information content (AvgIpc) is 3.29. The number of hydrogen-bond acceptors (Lipinski definition) is 7. The number of hydrogen-bond donors (Lipinski definition) is 0. The van der Waals surface area contributed by atoms with Crippen molar-refractivity contribution in [3.8, 4) is 17.6 Å². The van der Waals surface area contributed by atoms with Gasteiger partial charge in [0.25, 0.3) is 11.8 Å². The molecular formula is C19H19N3O4S2. The quantitative estimate of drug-likeness (QED) is 0.684. The number of fused-ring (bicyclic) bond motifs is 3. The number of ether oxygens (including phenoxy) is 2. The number of nitriles is 1. The minimum atomic E-state index is -1.05. The molecule has 5 aliphatic heterocycles. The van der Waals surface area contributed by atoms with Gasteiger partial charge in [-0.05, 0) is 31.0 Å². The summed E-state index contributed by atoms with van der Waals surface area (Å²) in [7, 11) is 4.52. The standard InChI is InChI=1S/C19H19N3O4S2/c1-4-18(9-20)8-19-16(24)21(3)17(2,27-28-19)15(23)22(19)14(18)11-5-6-12-13(7-11)26-10-25-12/h5-7,14H,4,8,10H2,1-3H3/t14?,17?,18-,19+/m1/s1. The molecule has 9 heteroatoms. The van der Waals surface area contributed by atoms with Gasteiger partial charge in [0.15, 0.2) is 21.2 Å². The van der Waals surface area contributed by atoms with Gasteiger partial charge in [-0.1, -0.05) is 34.6 Å². The second kappa shape index (κ2) is 5.51. The Balaban J connectivity index is 1.72. The molecule has 4 saturated heterocycles. The zero-order chi connectivity index (χ0) is 19.9. The topological polar surface area (TPSA) is 82.9 Å². The van der Waals surface area contributed by atoms with Gasteiger partial charge in [0, 0.05) is 13.5 Å². The first kappa shape index (κ1) is 18.0. The molecule has 0 N–H and O–H groups in total. The lowest BCUT2D eigenvalue weighted by molar-refractivity contribution is -0.164. The second-order valence-corrected chi connectivity index (χ2v) is 10.6. The fourth-order valence-corrected chi connectivity index (χ4v) is 8.28. The SMILES string of the molecule is CC[C@]1(C#N)C[C@@]23SSC(C)(C(=O)N2C1c1ccc2c(c1)OCO2)N(C)C3=O. The first-order valence-corrected chi connectivity index (χ1v) is 11.3. The van der Waals surface area contributed by atoms with Crippen molar-refractivity contribution in [3.05, 3.63) is 23.8 Å². The third kappa shape index (κ3) is 1.88. The Morgan fingerprint density at radius 3 is 2.71 bits per heavy atom. The maximum atomic E-state index is 13.6. The largest absolute Gasteiger partial charge is 0.454 e. The lowest BCUT2D eigenvalue weighted by Gasteiger charge is -2.57. The maximum absolute atomic E-state index is 13.6. The highest BCUT2D eigenvalue weighted by molar-refractivity contribution is 8.78. The third-order valence-corrected chi connectivity index (χ3v) is 10.2. The van der Waals surface area contributed by atoms with Crippen LogP contribution in [0.1, 0.15) is 38.3 Å². The molecule has 28 heavy (non-hydrogen) atoms. The van der Waals surface area contributed by atoms with Crippen LogP contribution in [-0.2, 0) is 9.59 Å². The normalized spacial score (nSPS) is 38.0. The summed E-state index contributed by atoms with van der Waals surface area (Å²) in [5.41, 5.74) is -0.0571. The van der Waals surface area contributed by atoms with E-state index in [1.165, 1.54) is 21.6 Å². The third-order valence-electron chi connectivity index (χ3n) is 6.53. The van der Waals surface area contributed by atoms with Gasteiger partial charge in [0.2, 0.25) is 6.79 Å². The molecule has 5 aliphatic rings. The van der Waals surface area contributed by atoms with Gasteiger partial charge in [0.05, 0.1) is 17.5 Å². The van der Waals surface area contributed by atoms with Gasteiger partial charge in [-0.15, -0.1) is 0 Å². The molecule has 4 fully saturated rings. The Hall–Kier alpha value is -2.05. The van der Waals surface area contributed by atoms with E-state index in [1.54, 1.807) is 23.8 Å². The van der Waals surface area contributed by atoms with Crippen LogP contribution in [0.25, 0.3) is 0 Å². The molecule has 2 unspecified atom stereocenters. The summed E-state index contributed by atoms with van der Waals surface area (Å²) in [6.07, 6.45) is 0.849. The molecule has 0 aliphatic carbocycles. The Morgan fingerprint density at radius 1 is 1.25 bits per heavy atom. The highest BCUT2D eigenvalue weighted by Gasteiger charge is 2.75. The van der Waals surface area contributed by atoms with Gasteiger partial charge in [-0.2, -0.15) is 5.26 Å². The molecular weight excluding hydrogens is 398 g/mol. The lowest BCUT2D eigenvalue weighted by atomic mass is 9.75. The second-order valence-electron chi connectivity index (χ2n) is 7.79. The predicted molar refractivity (Wildman–Crippen MR) is 104 cm³/mol. The fraction of sp³-hybridized carbons (Fsp3) is 0.526. The highest BCUT2D eigenvalue weighted by Crippen LogP contribution is 2.70. The number of amides is 2. The molecule has 1 aromatic carbocycles. The van der Waals surface area contributed by atoms with Gasteiger partial charge in [0.1, 0.15) is 0 Å². The molecule has 0 radical (unpaired) electrons. The molecule has 2 amide bonds. The molecule has 0 saturated carbocycles. The van der Waals surface area contributed by atoms with Crippen molar-refractivity contribution in [2.24, 2.45) is 5.41 Å². The number of likely N-dealkylation sites (N-methyl/N-ethyl adjacent to an activating group) is 1. The number of carbonyl (C=O) groups is 2. The predicted octanol–water partition coefficient (Wildman–Crippen LogP) is 2.89. The molecule has 5 heterocycles. The Labute approximate surface area is 170 Å². The van der Waals surface area contributed by atoms with E-state index in [9.17, 15) is 14.9 Å². The first-order valence-electron chi connectivity index (χ1n) is 9.13. The number of rotatable bonds is 2. The molecule has 1 aromatic rings. The van der Waals surface area contributed by atoms with E-state index in [1.807, 2.05) is 25.1 Å². The van der Waals surface area contributed by atoms with Gasteiger partial charge < -0.3 is 19.3 Å². The average molecular weight is 418 g/mol. The highest BCUT2D eigenvalue weighted by atomic mass is 33.1. The van der Waals surface area contributed by atoms with Crippen molar-refractivity contribution in [3.63, 3.8) is 0 Å². The van der Waals surface area contributed by atoms with Crippen LogP contribution in [0.5, 0.6) is 11.5 Å². The number of benzene rings is 1. The van der Waals surface area contributed by atoms with Gasteiger partial charge in [-0.3, -0.25) is 9.59 Å². The van der Waals surface area contributed by atoms with Crippen LogP contribution >= 0.6 is 21.6 Å². The number of nitrogens with zero attached hydrogens (tertiary/aromatic N) is 3. The van der Waals surface area contributed by atoms with Gasteiger partial charge >= 0.3 is 0 Å². The van der Waals surface area contributed by atoms with Crippen LogP contribution in [0, 0.1) is 16.7 Å². The molecule has 2 bridgehead atoms. The molecule has 4 atom stereocenters. The summed E-state index contributed by atoms with van der Waals surface area (Å²) in [5, 5.41) is 10.2. The van der Waals surface area contributed by atoms with Crippen molar-refractivity contribution in [2.75, 3.05) is 13.8 Å². The number of piperazine rings is 1. The van der Waals surface area contributed by atoms with Crippen LogP contribution in [0.3, 0.4) is 0 Å².